The molecule has 0 spiro atoms. The smallest absolute Gasteiger partial charge is 0.493 e. The molecular weight excluding hydrogens is 1230 g/mol. The molecule has 6 heterocycles. The van der Waals surface area contributed by atoms with E-state index in [9.17, 15) is 43.2 Å². The highest BCUT2D eigenvalue weighted by atomic mass is 32.3. The second kappa shape index (κ2) is 26.7. The Hall–Kier alpha value is -9.32. The van der Waals surface area contributed by atoms with Gasteiger partial charge in [-0.1, -0.05) is 51.0 Å². The number of amides is 3. The van der Waals surface area contributed by atoms with Gasteiger partial charge in [-0.3, -0.25) is 29.3 Å². The number of aliphatic hydroxyl groups excluding tert-OH is 4. The number of azide groups is 1. The highest BCUT2D eigenvalue weighted by Gasteiger charge is 2.46. The Labute approximate surface area is 534 Å². The molecule has 1 saturated heterocycles. The van der Waals surface area contributed by atoms with Crippen LogP contribution >= 0.6 is 0 Å². The van der Waals surface area contributed by atoms with Crippen LogP contribution in [0.15, 0.2) is 106 Å². The van der Waals surface area contributed by atoms with Crippen molar-refractivity contribution in [3.05, 3.63) is 146 Å². The Morgan fingerprint density at radius 2 is 1.43 bits per heavy atom. The quantitative estimate of drug-likeness (QED) is 0.0257. The maximum absolute atomic E-state index is 14.5. The number of methoxy groups -OCH3 is 2. The van der Waals surface area contributed by atoms with E-state index in [1.165, 1.54) is 32.4 Å². The number of ether oxygens (including phenoxy) is 7. The van der Waals surface area contributed by atoms with Gasteiger partial charge < -0.3 is 76.7 Å². The zero-order valence-electron chi connectivity index (χ0n) is 51.9. The number of hydrogen-bond acceptors (Lipinski definition) is 22. The lowest BCUT2D eigenvalue weighted by atomic mass is 9.93. The summed E-state index contributed by atoms with van der Waals surface area (Å²) in [5.41, 5.74) is 12.9. The van der Waals surface area contributed by atoms with Crippen molar-refractivity contribution >= 4 is 57.6 Å². The fourth-order valence-electron chi connectivity index (χ4n) is 11.4. The number of anilines is 1. The van der Waals surface area contributed by atoms with E-state index >= 15 is 0 Å². The van der Waals surface area contributed by atoms with Gasteiger partial charge in [-0.05, 0) is 82.2 Å². The standard InChI is InChI=1S/C64H70N10O18S/c1-63(2,32-86-33-64(3,4)31-70-71-65)30-68-59(79)38-12-13-49(89-62-58(78)57(77)56(76)55(27-75)90-62)54(18-38)92-93(82,83)91-41-15-35(28-87-52-22-44-42(20-50(52)84-6)60(80)73-26-46-48(72(5)34-69-46)19-39(73)24-66-44)14-36(16-41)29-88-53-23-45-43(21-51(53)85-7)61(81)74-40(25-67-45)17-37-10-8-9-11-47(37)74/h8-16,18,20-25,34,39-40,55-58,62,75-78H,17,19,26-33H2,1-7H3,(H,68,79)/t39-,40-,55+,56-,57-,58+,62+/m0/s1. The summed E-state index contributed by atoms with van der Waals surface area (Å²) in [6.07, 6.45) is -2.61. The molecule has 6 aromatic rings. The molecule has 7 atom stereocenters. The first-order valence-corrected chi connectivity index (χ1v) is 31.0. The molecule has 5 aliphatic heterocycles. The molecule has 1 fully saturated rings. The van der Waals surface area contributed by atoms with Crippen molar-refractivity contribution in [3.63, 3.8) is 0 Å². The maximum Gasteiger partial charge on any atom is 0.501 e. The number of imidazole rings is 1. The minimum absolute atomic E-state index is 0.0661. The van der Waals surface area contributed by atoms with Crippen molar-refractivity contribution in [1.29, 1.82) is 0 Å². The van der Waals surface area contributed by atoms with Gasteiger partial charge in [-0.15, -0.1) is 8.42 Å². The van der Waals surface area contributed by atoms with E-state index in [2.05, 4.69) is 20.3 Å². The van der Waals surface area contributed by atoms with Crippen molar-refractivity contribution in [1.82, 2.24) is 19.8 Å². The Morgan fingerprint density at radius 3 is 2.10 bits per heavy atom. The minimum Gasteiger partial charge on any atom is -0.493 e. The van der Waals surface area contributed by atoms with Crippen molar-refractivity contribution < 1.29 is 84.8 Å². The third-order valence-electron chi connectivity index (χ3n) is 16.3. The van der Waals surface area contributed by atoms with Crippen LogP contribution in [0.25, 0.3) is 10.4 Å². The molecule has 28 nitrogen and oxygen atoms in total. The number of rotatable bonds is 24. The monoisotopic (exact) mass is 1300 g/mol. The van der Waals surface area contributed by atoms with Crippen LogP contribution < -0.4 is 42.3 Å². The summed E-state index contributed by atoms with van der Waals surface area (Å²) in [6.45, 7) is 7.07. The molecule has 0 radical (unpaired) electrons. The first kappa shape index (κ1) is 65.2. The van der Waals surface area contributed by atoms with Gasteiger partial charge in [0.2, 0.25) is 6.29 Å². The molecule has 3 amide bonds. The number of aromatic nitrogens is 2. The number of carbonyl (C=O) groups is 3. The molecule has 1 aromatic heterocycles. The minimum atomic E-state index is -5.30. The largest absolute Gasteiger partial charge is 0.501 e. The van der Waals surface area contributed by atoms with Crippen LogP contribution in [0.3, 0.4) is 0 Å². The molecule has 0 bridgehead atoms. The summed E-state index contributed by atoms with van der Waals surface area (Å²) < 4.78 is 83.9. The van der Waals surface area contributed by atoms with E-state index in [4.69, 9.17) is 57.0 Å². The van der Waals surface area contributed by atoms with Gasteiger partial charge in [0.15, 0.2) is 34.5 Å². The number of benzene rings is 5. The highest BCUT2D eigenvalue weighted by molar-refractivity contribution is 7.82. The molecule has 29 heteroatoms. The number of fused-ring (bicyclic) bond motifs is 7. The fourth-order valence-corrected chi connectivity index (χ4v) is 12.1. The van der Waals surface area contributed by atoms with Crippen LogP contribution in [0.4, 0.5) is 17.1 Å². The van der Waals surface area contributed by atoms with Crippen molar-refractivity contribution in [2.75, 3.05) is 52.0 Å². The number of aliphatic imine (C=N–C) groups is 2. The van der Waals surface area contributed by atoms with Crippen LogP contribution in [0.1, 0.15) is 86.8 Å². The third-order valence-corrected chi connectivity index (χ3v) is 17.1. The van der Waals surface area contributed by atoms with Gasteiger partial charge in [0.05, 0.1) is 87.2 Å². The lowest BCUT2D eigenvalue weighted by Crippen LogP contribution is -2.60. The Bertz CT molecular complexity index is 4090. The number of aryl methyl sites for hydroxylation is 1. The predicted molar refractivity (Wildman–Crippen MR) is 334 cm³/mol. The van der Waals surface area contributed by atoms with E-state index in [-0.39, 0.29) is 115 Å². The van der Waals surface area contributed by atoms with Gasteiger partial charge >= 0.3 is 10.4 Å². The molecule has 0 unspecified atom stereocenters. The van der Waals surface area contributed by atoms with Crippen molar-refractivity contribution in [3.8, 4) is 40.2 Å². The van der Waals surface area contributed by atoms with Crippen LogP contribution in [0, 0.1) is 10.8 Å². The number of carbonyl (C=O) groups excluding carboxylic acids is 3. The lowest BCUT2D eigenvalue weighted by molar-refractivity contribution is -0.277. The average molecular weight is 1300 g/mol. The summed E-state index contributed by atoms with van der Waals surface area (Å²) in [6, 6.07) is 21.0. The van der Waals surface area contributed by atoms with E-state index < -0.39 is 75.9 Å². The van der Waals surface area contributed by atoms with Gasteiger partial charge in [-0.25, -0.2) is 4.98 Å². The zero-order valence-corrected chi connectivity index (χ0v) is 52.7. The molecular formula is C64H70N10O18S. The van der Waals surface area contributed by atoms with Gasteiger partial charge in [0.25, 0.3) is 17.7 Å². The Kier molecular flexibility index (Phi) is 18.7. The Balaban J connectivity index is 0.886. The van der Waals surface area contributed by atoms with E-state index in [0.717, 1.165) is 34.8 Å². The molecule has 5 aromatic carbocycles. The van der Waals surface area contributed by atoms with Crippen LogP contribution in [0.5, 0.6) is 40.2 Å². The van der Waals surface area contributed by atoms with Crippen molar-refractivity contribution in [2.24, 2.45) is 33.0 Å². The molecule has 490 valence electrons. The van der Waals surface area contributed by atoms with E-state index in [1.54, 1.807) is 58.9 Å². The topological polar surface area (TPSA) is 359 Å². The number of aliphatic hydroxyl groups is 4. The van der Waals surface area contributed by atoms with Crippen LogP contribution in [-0.4, -0.2) is 163 Å². The predicted octanol–water partition coefficient (Wildman–Crippen LogP) is 6.16. The maximum atomic E-state index is 14.5. The van der Waals surface area contributed by atoms with E-state index in [0.29, 0.717) is 35.3 Å². The second-order valence-corrected chi connectivity index (χ2v) is 25.8. The SMILES string of the molecule is COc1cc2c(cc1OCc1cc(COc3cc4c(cc3OC)C(=O)N3c5ccccc5C[C@H]3C=N4)cc(OS(=O)(=O)Oc3cc(C(=O)NCC(C)(C)COCC(C)(C)CN=[N+]=[N-])ccc3O[C@@H]3O[C@H](CO)[C@H](O)[C@H](O)[C@H]3O)c1)N=C[C@@H]1Cc3c(ncn3C)CN1C2=O. The summed E-state index contributed by atoms with van der Waals surface area (Å²) in [5, 5.41) is 48.5. The van der Waals surface area contributed by atoms with Crippen LogP contribution in [0.2, 0.25) is 0 Å². The Morgan fingerprint density at radius 1 is 0.774 bits per heavy atom. The average Bonchev–Trinajstić information content (AvgIpc) is 1.66. The molecule has 0 saturated carbocycles. The number of para-hydroxylation sites is 1. The first-order chi connectivity index (χ1) is 44.4. The second-order valence-electron chi connectivity index (χ2n) is 24.6. The highest BCUT2D eigenvalue weighted by Crippen LogP contribution is 2.43. The van der Waals surface area contributed by atoms with Crippen LogP contribution in [-0.2, 0) is 59.5 Å². The number of nitrogens with zero attached hydrogens (tertiary/aromatic N) is 9. The number of hydrogen-bond donors (Lipinski definition) is 5. The molecule has 11 rings (SSSR count). The molecule has 0 aliphatic carbocycles. The molecule has 5 N–H and O–H groups in total. The lowest BCUT2D eigenvalue weighted by Gasteiger charge is -2.39. The fraction of sp³-hybridized carbons (Fsp3) is 0.406. The number of nitrogens with one attached hydrogen (secondary N) is 1. The van der Waals surface area contributed by atoms with Gasteiger partial charge in [0, 0.05) is 84.8 Å². The van der Waals surface area contributed by atoms with Crippen molar-refractivity contribution in [2.45, 2.75) is 103 Å². The molecule has 93 heavy (non-hydrogen) atoms. The normalized spacial score (nSPS) is 20.5. The van der Waals surface area contributed by atoms with E-state index in [1.807, 2.05) is 63.6 Å². The van der Waals surface area contributed by atoms with Gasteiger partial charge in [-0.2, -0.15) is 0 Å². The first-order valence-electron chi connectivity index (χ1n) is 29.7. The van der Waals surface area contributed by atoms with Gasteiger partial charge in [0.1, 0.15) is 43.4 Å². The zero-order chi connectivity index (χ0) is 66.1. The summed E-state index contributed by atoms with van der Waals surface area (Å²) in [4.78, 5) is 62.5. The molecule has 5 aliphatic rings. The summed E-state index contributed by atoms with van der Waals surface area (Å²) in [5.74, 6) is -1.98. The third kappa shape index (κ3) is 14.2. The summed E-state index contributed by atoms with van der Waals surface area (Å²) in [7, 11) is -0.568. The summed E-state index contributed by atoms with van der Waals surface area (Å²) >= 11 is 0.